The summed E-state index contributed by atoms with van der Waals surface area (Å²) in [5, 5.41) is 8.28. The average Bonchev–Trinajstić information content (AvgIpc) is 1.83. The highest BCUT2D eigenvalue weighted by Gasteiger charge is 1.96. The Morgan fingerprint density at radius 2 is 2.38 bits per heavy atom. The molecular weight excluding hydrogens is 219 g/mol. The molecule has 0 aromatic rings. The van der Waals surface area contributed by atoms with Crippen LogP contribution in [0.2, 0.25) is 0 Å². The summed E-state index contributed by atoms with van der Waals surface area (Å²) in [7, 11) is 0. The average molecular weight is 230 g/mol. The summed E-state index contributed by atoms with van der Waals surface area (Å²) in [5.74, 6) is 0. The third-order valence-corrected chi connectivity index (χ3v) is 1.95. The van der Waals surface area contributed by atoms with Crippen LogP contribution in [0, 0.1) is 0 Å². The van der Waals surface area contributed by atoms with E-state index in [9.17, 15) is 0 Å². The molecule has 0 fully saturated rings. The minimum absolute atomic E-state index is 0.125. The van der Waals surface area contributed by atoms with Gasteiger partial charge in [0.1, 0.15) is 4.11 Å². The molecule has 0 aromatic carbocycles. The van der Waals surface area contributed by atoms with Crippen molar-refractivity contribution in [3.05, 3.63) is 0 Å². The van der Waals surface area contributed by atoms with Crippen molar-refractivity contribution in [3.63, 3.8) is 0 Å². The van der Waals surface area contributed by atoms with Gasteiger partial charge in [0.15, 0.2) is 0 Å². The van der Waals surface area contributed by atoms with E-state index in [-0.39, 0.29) is 10.7 Å². The Hall–Kier alpha value is 0.650. The van der Waals surface area contributed by atoms with E-state index >= 15 is 0 Å². The molecular formula is C5H11IO2. The van der Waals surface area contributed by atoms with Gasteiger partial charge >= 0.3 is 0 Å². The van der Waals surface area contributed by atoms with Crippen LogP contribution >= 0.6 is 22.6 Å². The van der Waals surface area contributed by atoms with Crippen LogP contribution in [-0.2, 0) is 4.74 Å². The van der Waals surface area contributed by atoms with E-state index in [1.165, 1.54) is 0 Å². The maximum Gasteiger partial charge on any atom is 0.108 e. The highest BCUT2D eigenvalue weighted by Crippen LogP contribution is 2.05. The van der Waals surface area contributed by atoms with Gasteiger partial charge in [0.05, 0.1) is 13.2 Å². The lowest BCUT2D eigenvalue weighted by atomic mass is 10.5. The first-order valence-corrected chi connectivity index (χ1v) is 3.92. The summed E-state index contributed by atoms with van der Waals surface area (Å²) in [5.41, 5.74) is 0. The van der Waals surface area contributed by atoms with E-state index in [0.29, 0.717) is 6.61 Å². The van der Waals surface area contributed by atoms with E-state index in [2.05, 4.69) is 29.5 Å². The number of ether oxygens (including phenoxy) is 1. The first-order valence-electron chi connectivity index (χ1n) is 2.67. The van der Waals surface area contributed by atoms with Gasteiger partial charge in [-0.25, -0.2) is 0 Å². The molecule has 0 aliphatic rings. The van der Waals surface area contributed by atoms with Crippen LogP contribution < -0.4 is 0 Å². The van der Waals surface area contributed by atoms with Crippen LogP contribution in [0.1, 0.15) is 13.3 Å². The van der Waals surface area contributed by atoms with Crippen molar-refractivity contribution in [2.24, 2.45) is 0 Å². The molecule has 0 radical (unpaired) electrons. The Bertz CT molecular complexity index is 49.7. The van der Waals surface area contributed by atoms with Gasteiger partial charge in [-0.05, 0) is 6.42 Å². The van der Waals surface area contributed by atoms with Crippen LogP contribution in [0.15, 0.2) is 0 Å². The van der Waals surface area contributed by atoms with Crippen molar-refractivity contribution in [1.82, 2.24) is 0 Å². The highest BCUT2D eigenvalue weighted by molar-refractivity contribution is 14.1. The summed E-state index contributed by atoms with van der Waals surface area (Å²) in [6.45, 7) is 2.63. The molecule has 0 aromatic heterocycles. The molecule has 0 saturated carbocycles. The second-order valence-electron chi connectivity index (χ2n) is 1.41. The first-order chi connectivity index (χ1) is 3.81. The van der Waals surface area contributed by atoms with Crippen LogP contribution in [0.25, 0.3) is 0 Å². The van der Waals surface area contributed by atoms with Crippen LogP contribution in [0.4, 0.5) is 0 Å². The molecule has 50 valence electrons. The molecule has 0 saturated heterocycles. The summed E-state index contributed by atoms with van der Waals surface area (Å²) in [4.78, 5) is 0. The molecule has 1 unspecified atom stereocenters. The lowest BCUT2D eigenvalue weighted by Crippen LogP contribution is -2.06. The number of rotatable bonds is 4. The van der Waals surface area contributed by atoms with Gasteiger partial charge in [-0.1, -0.05) is 29.5 Å². The quantitative estimate of drug-likeness (QED) is 0.580. The van der Waals surface area contributed by atoms with E-state index in [1.807, 2.05) is 0 Å². The smallest absolute Gasteiger partial charge is 0.108 e. The Morgan fingerprint density at radius 3 is 2.75 bits per heavy atom. The van der Waals surface area contributed by atoms with Crippen LogP contribution in [0.5, 0.6) is 0 Å². The topological polar surface area (TPSA) is 29.5 Å². The molecule has 3 heteroatoms. The van der Waals surface area contributed by atoms with Gasteiger partial charge in [0.25, 0.3) is 0 Å². The monoisotopic (exact) mass is 230 g/mol. The molecule has 0 bridgehead atoms. The summed E-state index contributed by atoms with van der Waals surface area (Å²) < 4.78 is 5.34. The van der Waals surface area contributed by atoms with Crippen molar-refractivity contribution in [3.8, 4) is 0 Å². The number of hydrogen-bond acceptors (Lipinski definition) is 2. The van der Waals surface area contributed by atoms with Gasteiger partial charge in [0.2, 0.25) is 0 Å². The zero-order valence-corrected chi connectivity index (χ0v) is 7.09. The lowest BCUT2D eigenvalue weighted by Gasteiger charge is -2.05. The Kier molecular flexibility index (Phi) is 6.25. The maximum atomic E-state index is 8.28. The third-order valence-electron chi connectivity index (χ3n) is 0.711. The molecule has 8 heavy (non-hydrogen) atoms. The van der Waals surface area contributed by atoms with Gasteiger partial charge < -0.3 is 9.84 Å². The van der Waals surface area contributed by atoms with Crippen molar-refractivity contribution >= 4 is 22.6 Å². The molecule has 0 aliphatic carbocycles. The van der Waals surface area contributed by atoms with Crippen LogP contribution in [0.3, 0.4) is 0 Å². The van der Waals surface area contributed by atoms with Crippen molar-refractivity contribution in [2.45, 2.75) is 17.5 Å². The standard InChI is InChI=1S/C5H11IO2/c1-2-5(6)8-4-3-7/h5,7H,2-4H2,1H3. The van der Waals surface area contributed by atoms with Crippen molar-refractivity contribution in [2.75, 3.05) is 13.2 Å². The fourth-order valence-electron chi connectivity index (χ4n) is 0.298. The number of aliphatic hydroxyl groups excluding tert-OH is 1. The normalized spacial score (nSPS) is 13.9. The molecule has 0 spiro atoms. The molecule has 0 rings (SSSR count). The fourth-order valence-corrected chi connectivity index (χ4v) is 0.553. The van der Waals surface area contributed by atoms with Gasteiger partial charge in [0, 0.05) is 0 Å². The Morgan fingerprint density at radius 1 is 1.75 bits per heavy atom. The number of halogens is 1. The predicted octanol–water partition coefficient (Wildman–Crippen LogP) is 1.17. The number of aliphatic hydroxyl groups is 1. The zero-order chi connectivity index (χ0) is 6.41. The summed E-state index contributed by atoms with van der Waals surface area (Å²) in [6.07, 6.45) is 1.00. The summed E-state index contributed by atoms with van der Waals surface area (Å²) >= 11 is 2.20. The SMILES string of the molecule is CCC(I)OCCO. The molecule has 2 nitrogen and oxygen atoms in total. The third kappa shape index (κ3) is 4.80. The fraction of sp³-hybridized carbons (Fsp3) is 1.00. The maximum absolute atomic E-state index is 8.28. The van der Waals surface area contributed by atoms with Gasteiger partial charge in [-0.2, -0.15) is 0 Å². The molecule has 0 heterocycles. The number of hydrogen-bond donors (Lipinski definition) is 1. The largest absolute Gasteiger partial charge is 0.394 e. The minimum Gasteiger partial charge on any atom is -0.394 e. The summed E-state index contributed by atoms with van der Waals surface area (Å²) in [6, 6.07) is 0. The van der Waals surface area contributed by atoms with Crippen molar-refractivity contribution < 1.29 is 9.84 Å². The van der Waals surface area contributed by atoms with E-state index < -0.39 is 0 Å². The van der Waals surface area contributed by atoms with Crippen molar-refractivity contribution in [1.29, 1.82) is 0 Å². The molecule has 0 amide bonds. The first kappa shape index (κ1) is 8.65. The van der Waals surface area contributed by atoms with E-state index in [1.54, 1.807) is 0 Å². The second-order valence-corrected chi connectivity index (χ2v) is 2.80. The molecule has 1 atom stereocenters. The molecule has 0 aliphatic heterocycles. The Balaban J connectivity index is 2.86. The highest BCUT2D eigenvalue weighted by atomic mass is 127. The van der Waals surface area contributed by atoms with Crippen LogP contribution in [-0.4, -0.2) is 22.4 Å². The van der Waals surface area contributed by atoms with E-state index in [4.69, 9.17) is 9.84 Å². The zero-order valence-electron chi connectivity index (χ0n) is 4.93. The second kappa shape index (κ2) is 5.78. The lowest BCUT2D eigenvalue weighted by molar-refractivity contribution is 0.0825. The molecule has 1 N–H and O–H groups in total. The minimum atomic E-state index is 0.125. The number of alkyl halides is 1. The van der Waals surface area contributed by atoms with Gasteiger partial charge in [-0.15, -0.1) is 0 Å². The Labute approximate surface area is 63.4 Å². The van der Waals surface area contributed by atoms with E-state index in [0.717, 1.165) is 6.42 Å². The predicted molar refractivity (Wildman–Crippen MR) is 41.1 cm³/mol. The van der Waals surface area contributed by atoms with Gasteiger partial charge in [-0.3, -0.25) is 0 Å².